The molecule has 0 saturated carbocycles. The highest BCUT2D eigenvalue weighted by Gasteiger charge is 2.32. The molecule has 0 aliphatic heterocycles. The molecule has 10 heteroatoms. The Balaban J connectivity index is 1.52. The van der Waals surface area contributed by atoms with E-state index in [1.807, 2.05) is 0 Å². The molecule has 178 valence electrons. The lowest BCUT2D eigenvalue weighted by atomic mass is 9.83. The number of amides is 2. The lowest BCUT2D eigenvalue weighted by Crippen LogP contribution is -2.46. The van der Waals surface area contributed by atoms with Crippen LogP contribution < -0.4 is 10.6 Å². The molecule has 1 aliphatic carbocycles. The van der Waals surface area contributed by atoms with Crippen molar-refractivity contribution < 1.29 is 37.5 Å². The average molecular weight is 482 g/mol. The lowest BCUT2D eigenvalue weighted by Gasteiger charge is -2.19. The third-order valence-electron chi connectivity index (χ3n) is 5.45. The lowest BCUT2D eigenvalue weighted by molar-refractivity contribution is -0.137. The number of anilines is 1. The van der Waals surface area contributed by atoms with Crippen LogP contribution in [-0.2, 0) is 11.0 Å². The van der Waals surface area contributed by atoms with Crippen LogP contribution in [0, 0.1) is 0 Å². The molecule has 0 saturated heterocycles. The summed E-state index contributed by atoms with van der Waals surface area (Å²) in [6, 6.07) is 12.5. The van der Waals surface area contributed by atoms with Gasteiger partial charge in [0, 0.05) is 33.5 Å². The second kappa shape index (κ2) is 9.15. The molecule has 0 radical (unpaired) electrons. The minimum atomic E-state index is -4.61. The van der Waals surface area contributed by atoms with Crippen molar-refractivity contribution in [1.29, 1.82) is 0 Å². The number of hydrogen-bond acceptors (Lipinski definition) is 5. The maximum Gasteiger partial charge on any atom is 0.416 e. The predicted molar refractivity (Wildman–Crippen MR) is 118 cm³/mol. The highest BCUT2D eigenvalue weighted by molar-refractivity contribution is 6.28. The molecule has 0 bridgehead atoms. The van der Waals surface area contributed by atoms with Gasteiger partial charge < -0.3 is 15.7 Å². The Kier molecular flexibility index (Phi) is 6.23. The zero-order valence-corrected chi connectivity index (χ0v) is 17.8. The fourth-order valence-corrected chi connectivity index (χ4v) is 3.68. The van der Waals surface area contributed by atoms with Crippen molar-refractivity contribution in [3.8, 4) is 0 Å². The first-order chi connectivity index (χ1) is 16.6. The summed E-state index contributed by atoms with van der Waals surface area (Å²) in [6.07, 6.45) is -4.61. The van der Waals surface area contributed by atoms with Crippen LogP contribution in [0.15, 0.2) is 66.7 Å². The van der Waals surface area contributed by atoms with Gasteiger partial charge in [0.15, 0.2) is 11.6 Å². The number of benzene rings is 3. The van der Waals surface area contributed by atoms with Crippen molar-refractivity contribution in [3.05, 3.63) is 100 Å². The molecule has 0 spiro atoms. The number of ketones is 2. The molecule has 7 nitrogen and oxygen atoms in total. The maximum atomic E-state index is 12.9. The number of aliphatic hydroxyl groups is 1. The van der Waals surface area contributed by atoms with Gasteiger partial charge in [-0.25, -0.2) is 0 Å². The summed E-state index contributed by atoms with van der Waals surface area (Å²) >= 11 is 0. The van der Waals surface area contributed by atoms with Gasteiger partial charge in [0.2, 0.25) is 5.91 Å². The number of rotatable bonds is 5. The fraction of sp³-hybridized carbons (Fsp3) is 0.120. The Morgan fingerprint density at radius 1 is 0.829 bits per heavy atom. The van der Waals surface area contributed by atoms with Crippen molar-refractivity contribution in [1.82, 2.24) is 5.32 Å². The summed E-state index contributed by atoms with van der Waals surface area (Å²) in [5.41, 5.74) is -0.579. The van der Waals surface area contributed by atoms with E-state index in [-0.39, 0.29) is 39.3 Å². The van der Waals surface area contributed by atoms with Gasteiger partial charge in [-0.3, -0.25) is 19.2 Å². The Labute approximate surface area is 196 Å². The Morgan fingerprint density at radius 2 is 1.46 bits per heavy atom. The van der Waals surface area contributed by atoms with Crippen LogP contribution in [0.2, 0.25) is 0 Å². The van der Waals surface area contributed by atoms with E-state index in [2.05, 4.69) is 10.6 Å². The number of fused-ring (bicyclic) bond motifs is 2. The van der Waals surface area contributed by atoms with Gasteiger partial charge in [-0.05, 0) is 36.4 Å². The highest BCUT2D eigenvalue weighted by atomic mass is 19.4. The quantitative estimate of drug-likeness (QED) is 0.405. The minimum Gasteiger partial charge on any atom is -0.394 e. The third kappa shape index (κ3) is 4.69. The number of nitrogens with one attached hydrogen (secondary N) is 2. The standard InChI is InChI=1S/C25H17F3N2O5/c26-25(27,28)14-4-3-5-15(11-14)29-24(35)20(12-31)30-23(34)13-8-9-18-19(10-13)22(33)17-7-2-1-6-16(17)21(18)32/h1-11,20,31H,12H2,(H,29,35)(H,30,34). The Hall–Kier alpha value is -4.31. The topological polar surface area (TPSA) is 113 Å². The first-order valence-corrected chi connectivity index (χ1v) is 10.3. The molecular formula is C25H17F3N2O5. The Morgan fingerprint density at radius 3 is 2.09 bits per heavy atom. The molecule has 1 aliphatic rings. The van der Waals surface area contributed by atoms with Crippen molar-refractivity contribution >= 4 is 29.1 Å². The van der Waals surface area contributed by atoms with Gasteiger partial charge in [0.25, 0.3) is 5.91 Å². The normalized spacial score (nSPS) is 13.5. The summed E-state index contributed by atoms with van der Waals surface area (Å²) in [5.74, 6) is -2.58. The summed E-state index contributed by atoms with van der Waals surface area (Å²) in [4.78, 5) is 50.7. The van der Waals surface area contributed by atoms with Gasteiger partial charge in [-0.1, -0.05) is 30.3 Å². The van der Waals surface area contributed by atoms with Gasteiger partial charge >= 0.3 is 6.18 Å². The number of carbonyl (C=O) groups excluding carboxylic acids is 4. The molecule has 1 unspecified atom stereocenters. The molecule has 3 aromatic carbocycles. The van der Waals surface area contributed by atoms with E-state index in [1.54, 1.807) is 12.1 Å². The van der Waals surface area contributed by atoms with Crippen LogP contribution in [0.3, 0.4) is 0 Å². The van der Waals surface area contributed by atoms with Gasteiger partial charge in [0.05, 0.1) is 12.2 Å². The van der Waals surface area contributed by atoms with Crippen LogP contribution in [0.25, 0.3) is 0 Å². The number of hydrogen-bond donors (Lipinski definition) is 3. The van der Waals surface area contributed by atoms with E-state index in [4.69, 9.17) is 0 Å². The molecule has 0 fully saturated rings. The predicted octanol–water partition coefficient (Wildman–Crippen LogP) is 3.21. The van der Waals surface area contributed by atoms with E-state index in [0.717, 1.165) is 18.2 Å². The van der Waals surface area contributed by atoms with Crippen LogP contribution in [0.1, 0.15) is 47.8 Å². The van der Waals surface area contributed by atoms with Crippen LogP contribution in [0.4, 0.5) is 18.9 Å². The SMILES string of the molecule is O=C(NC(CO)C(=O)Nc1cccc(C(F)(F)F)c1)c1ccc2c(c1)C(=O)c1ccccc1C2=O. The molecule has 35 heavy (non-hydrogen) atoms. The van der Waals surface area contributed by atoms with E-state index in [9.17, 15) is 37.5 Å². The summed E-state index contributed by atoms with van der Waals surface area (Å²) in [7, 11) is 0. The molecule has 4 rings (SSSR count). The zero-order chi connectivity index (χ0) is 25.3. The molecule has 3 N–H and O–H groups in total. The van der Waals surface area contributed by atoms with Crippen molar-refractivity contribution in [3.63, 3.8) is 0 Å². The fourth-order valence-electron chi connectivity index (χ4n) is 3.68. The van der Waals surface area contributed by atoms with Crippen molar-refractivity contribution in [2.45, 2.75) is 12.2 Å². The van der Waals surface area contributed by atoms with E-state index >= 15 is 0 Å². The number of aliphatic hydroxyl groups excluding tert-OH is 1. The first-order valence-electron chi connectivity index (χ1n) is 10.3. The van der Waals surface area contributed by atoms with Crippen LogP contribution >= 0.6 is 0 Å². The Bertz CT molecular complexity index is 1370. The number of alkyl halides is 3. The largest absolute Gasteiger partial charge is 0.416 e. The van der Waals surface area contributed by atoms with Crippen LogP contribution in [0.5, 0.6) is 0 Å². The minimum absolute atomic E-state index is 0.0234. The summed E-state index contributed by atoms with van der Waals surface area (Å²) in [6.45, 7) is -0.841. The smallest absolute Gasteiger partial charge is 0.394 e. The second-order valence-electron chi connectivity index (χ2n) is 7.74. The van der Waals surface area contributed by atoms with E-state index in [0.29, 0.717) is 0 Å². The van der Waals surface area contributed by atoms with E-state index < -0.39 is 42.0 Å². The maximum absolute atomic E-state index is 12.9. The molecule has 0 aromatic heterocycles. The molecule has 1 atom stereocenters. The van der Waals surface area contributed by atoms with Crippen LogP contribution in [-0.4, -0.2) is 41.1 Å². The monoisotopic (exact) mass is 482 g/mol. The highest BCUT2D eigenvalue weighted by Crippen LogP contribution is 2.31. The molecular weight excluding hydrogens is 465 g/mol. The summed E-state index contributed by atoms with van der Waals surface area (Å²) < 4.78 is 38.7. The van der Waals surface area contributed by atoms with Gasteiger partial charge in [-0.15, -0.1) is 0 Å². The molecule has 0 heterocycles. The third-order valence-corrected chi connectivity index (χ3v) is 5.45. The molecule has 2 amide bonds. The van der Waals surface area contributed by atoms with Crippen molar-refractivity contribution in [2.24, 2.45) is 0 Å². The zero-order valence-electron chi connectivity index (χ0n) is 17.8. The van der Waals surface area contributed by atoms with Gasteiger partial charge in [-0.2, -0.15) is 13.2 Å². The van der Waals surface area contributed by atoms with Gasteiger partial charge in [0.1, 0.15) is 6.04 Å². The number of carbonyl (C=O) groups is 4. The average Bonchev–Trinajstić information content (AvgIpc) is 2.85. The molecule has 3 aromatic rings. The number of halogens is 3. The first kappa shape index (κ1) is 23.8. The van der Waals surface area contributed by atoms with E-state index in [1.165, 1.54) is 36.4 Å². The van der Waals surface area contributed by atoms with Crippen molar-refractivity contribution in [2.75, 3.05) is 11.9 Å². The summed E-state index contributed by atoms with van der Waals surface area (Å²) in [5, 5.41) is 14.1. The second-order valence-corrected chi connectivity index (χ2v) is 7.74.